The second kappa shape index (κ2) is 9.86. The van der Waals surface area contributed by atoms with Crippen molar-refractivity contribution >= 4 is 38.9 Å². The van der Waals surface area contributed by atoms with Crippen LogP contribution in [0, 0.1) is 13.8 Å². The monoisotopic (exact) mass is 489 g/mol. The zero-order valence-corrected chi connectivity index (χ0v) is 19.8. The summed E-state index contributed by atoms with van der Waals surface area (Å²) in [5, 5.41) is 5.43. The summed E-state index contributed by atoms with van der Waals surface area (Å²) in [6.07, 6.45) is 1.41. The Morgan fingerprint density at radius 1 is 0.714 bits per heavy atom. The molecule has 178 valence electrons. The second-order valence-electron chi connectivity index (χ2n) is 7.89. The predicted octanol–water partition coefficient (Wildman–Crippen LogP) is 5.20. The lowest BCUT2D eigenvalue weighted by Gasteiger charge is -2.11. The Hall–Kier alpha value is -4.37. The summed E-state index contributed by atoms with van der Waals surface area (Å²) in [6, 6.07) is 20.7. The van der Waals surface area contributed by atoms with Gasteiger partial charge in [0.2, 0.25) is 0 Å². The normalized spacial score (nSPS) is 11.0. The molecule has 1 heterocycles. The lowest BCUT2D eigenvalue weighted by molar-refractivity contribution is 0.0994. The maximum atomic E-state index is 12.7. The van der Waals surface area contributed by atoms with Crippen LogP contribution in [0.3, 0.4) is 0 Å². The number of sulfonamides is 1. The number of carbonyl (C=O) groups excluding carboxylic acids is 2. The van der Waals surface area contributed by atoms with Crippen LogP contribution < -0.4 is 15.4 Å². The lowest BCUT2D eigenvalue weighted by Crippen LogP contribution is -2.15. The van der Waals surface area contributed by atoms with Gasteiger partial charge in [0.1, 0.15) is 0 Å². The molecular formula is C26H23N3O5S. The van der Waals surface area contributed by atoms with Crippen molar-refractivity contribution in [2.45, 2.75) is 18.7 Å². The minimum Gasteiger partial charge on any atom is -0.459 e. The van der Waals surface area contributed by atoms with E-state index in [1.807, 2.05) is 19.9 Å². The number of benzene rings is 3. The molecule has 0 aliphatic rings. The summed E-state index contributed by atoms with van der Waals surface area (Å²) < 4.78 is 33.0. The Bertz CT molecular complexity index is 1460. The van der Waals surface area contributed by atoms with Crippen LogP contribution in [0.4, 0.5) is 17.1 Å². The SMILES string of the molecule is Cc1ccc(NS(=O)(=O)c2ccc(C(=O)Nc3ccc(NC(=O)c4ccco4)cc3)cc2)cc1C. The van der Waals surface area contributed by atoms with Gasteiger partial charge >= 0.3 is 0 Å². The first kappa shape index (κ1) is 23.8. The first-order chi connectivity index (χ1) is 16.7. The first-order valence-corrected chi connectivity index (χ1v) is 12.2. The zero-order chi connectivity index (χ0) is 25.0. The quantitative estimate of drug-likeness (QED) is 0.330. The van der Waals surface area contributed by atoms with Gasteiger partial charge in [0.25, 0.3) is 21.8 Å². The van der Waals surface area contributed by atoms with Crippen LogP contribution in [0.1, 0.15) is 32.0 Å². The molecule has 0 radical (unpaired) electrons. The Kier molecular flexibility index (Phi) is 6.70. The topological polar surface area (TPSA) is 118 Å². The fourth-order valence-electron chi connectivity index (χ4n) is 3.25. The van der Waals surface area contributed by atoms with E-state index in [9.17, 15) is 18.0 Å². The molecule has 3 N–H and O–H groups in total. The van der Waals surface area contributed by atoms with Crippen molar-refractivity contribution in [3.63, 3.8) is 0 Å². The molecule has 0 spiro atoms. The molecule has 9 heteroatoms. The van der Waals surface area contributed by atoms with Crippen LogP contribution in [0.5, 0.6) is 0 Å². The third kappa shape index (κ3) is 5.77. The van der Waals surface area contributed by atoms with E-state index in [1.165, 1.54) is 30.5 Å². The van der Waals surface area contributed by atoms with Crippen LogP contribution in [0.25, 0.3) is 0 Å². The molecule has 0 atom stereocenters. The summed E-state index contributed by atoms with van der Waals surface area (Å²) in [5.74, 6) is -0.589. The number of nitrogens with one attached hydrogen (secondary N) is 3. The summed E-state index contributed by atoms with van der Waals surface area (Å²) in [6.45, 7) is 3.86. The molecule has 0 unspecified atom stereocenters. The molecule has 3 aromatic carbocycles. The molecule has 0 saturated carbocycles. The molecule has 1 aromatic heterocycles. The summed E-state index contributed by atoms with van der Waals surface area (Å²) in [4.78, 5) is 24.7. The van der Waals surface area contributed by atoms with E-state index in [4.69, 9.17) is 4.42 Å². The fourth-order valence-corrected chi connectivity index (χ4v) is 4.29. The highest BCUT2D eigenvalue weighted by Crippen LogP contribution is 2.20. The van der Waals surface area contributed by atoms with Gasteiger partial charge in [-0.15, -0.1) is 0 Å². The van der Waals surface area contributed by atoms with E-state index in [1.54, 1.807) is 48.5 Å². The highest BCUT2D eigenvalue weighted by molar-refractivity contribution is 7.92. The smallest absolute Gasteiger partial charge is 0.291 e. The number of anilines is 3. The highest BCUT2D eigenvalue weighted by Gasteiger charge is 2.16. The van der Waals surface area contributed by atoms with Gasteiger partial charge in [0, 0.05) is 22.6 Å². The number of aryl methyl sites for hydroxylation is 2. The van der Waals surface area contributed by atoms with Crippen molar-refractivity contribution < 1.29 is 22.4 Å². The number of carbonyl (C=O) groups is 2. The van der Waals surface area contributed by atoms with Crippen molar-refractivity contribution in [3.8, 4) is 0 Å². The minimum atomic E-state index is -3.80. The molecule has 4 aromatic rings. The van der Waals surface area contributed by atoms with Crippen molar-refractivity contribution in [2.75, 3.05) is 15.4 Å². The summed E-state index contributed by atoms with van der Waals surface area (Å²) in [7, 11) is -3.80. The minimum absolute atomic E-state index is 0.0453. The van der Waals surface area contributed by atoms with Gasteiger partial charge < -0.3 is 15.1 Å². The van der Waals surface area contributed by atoms with Crippen LogP contribution in [-0.2, 0) is 10.0 Å². The number of hydrogen-bond donors (Lipinski definition) is 3. The van der Waals surface area contributed by atoms with E-state index < -0.39 is 15.9 Å². The van der Waals surface area contributed by atoms with E-state index in [0.717, 1.165) is 11.1 Å². The highest BCUT2D eigenvalue weighted by atomic mass is 32.2. The van der Waals surface area contributed by atoms with Gasteiger partial charge in [-0.05, 0) is 97.8 Å². The Morgan fingerprint density at radius 3 is 1.89 bits per heavy atom. The molecule has 35 heavy (non-hydrogen) atoms. The van der Waals surface area contributed by atoms with Crippen LogP contribution in [0.2, 0.25) is 0 Å². The largest absolute Gasteiger partial charge is 0.459 e. The first-order valence-electron chi connectivity index (χ1n) is 10.7. The Morgan fingerprint density at radius 2 is 1.31 bits per heavy atom. The van der Waals surface area contributed by atoms with Crippen LogP contribution >= 0.6 is 0 Å². The second-order valence-corrected chi connectivity index (χ2v) is 9.57. The van der Waals surface area contributed by atoms with Gasteiger partial charge in [-0.3, -0.25) is 14.3 Å². The third-order valence-electron chi connectivity index (χ3n) is 5.33. The molecular weight excluding hydrogens is 466 g/mol. The fraction of sp³-hybridized carbons (Fsp3) is 0.0769. The van der Waals surface area contributed by atoms with Gasteiger partial charge in [-0.1, -0.05) is 6.07 Å². The molecule has 8 nitrogen and oxygen atoms in total. The predicted molar refractivity (Wildman–Crippen MR) is 134 cm³/mol. The van der Waals surface area contributed by atoms with Crippen molar-refractivity contribution in [1.82, 2.24) is 0 Å². The number of amides is 2. The number of rotatable bonds is 7. The Labute approximate surface area is 203 Å². The maximum Gasteiger partial charge on any atom is 0.291 e. The standard InChI is InChI=1S/C26H23N3O5S/c1-17-5-8-22(16-18(17)2)29-35(32,33)23-13-6-19(7-14-23)25(30)27-20-9-11-21(12-10-20)28-26(31)24-4-3-15-34-24/h3-16,29H,1-2H3,(H,27,30)(H,28,31). The lowest BCUT2D eigenvalue weighted by atomic mass is 10.1. The summed E-state index contributed by atoms with van der Waals surface area (Å²) >= 11 is 0. The van der Waals surface area contributed by atoms with Gasteiger partial charge in [0.15, 0.2) is 5.76 Å². The van der Waals surface area contributed by atoms with E-state index >= 15 is 0 Å². The van der Waals surface area contributed by atoms with Crippen molar-refractivity contribution in [3.05, 3.63) is 108 Å². The number of furan rings is 1. The van der Waals surface area contributed by atoms with Gasteiger partial charge in [0.05, 0.1) is 11.2 Å². The summed E-state index contributed by atoms with van der Waals surface area (Å²) in [5.41, 5.74) is 3.86. The average Bonchev–Trinajstić information content (AvgIpc) is 3.38. The molecule has 0 bridgehead atoms. The molecule has 0 aliphatic heterocycles. The van der Waals surface area contributed by atoms with Gasteiger partial charge in [-0.25, -0.2) is 8.42 Å². The molecule has 0 fully saturated rings. The van der Waals surface area contributed by atoms with Crippen LogP contribution in [0.15, 0.2) is 94.4 Å². The van der Waals surface area contributed by atoms with Gasteiger partial charge in [-0.2, -0.15) is 0 Å². The van der Waals surface area contributed by atoms with Crippen LogP contribution in [-0.4, -0.2) is 20.2 Å². The number of hydrogen-bond acceptors (Lipinski definition) is 5. The Balaban J connectivity index is 1.38. The van der Waals surface area contributed by atoms with E-state index in [-0.39, 0.29) is 16.6 Å². The van der Waals surface area contributed by atoms with E-state index in [2.05, 4.69) is 15.4 Å². The maximum absolute atomic E-state index is 12.7. The molecule has 0 aliphatic carbocycles. The molecule has 0 saturated heterocycles. The zero-order valence-electron chi connectivity index (χ0n) is 19.0. The van der Waals surface area contributed by atoms with Crippen molar-refractivity contribution in [2.24, 2.45) is 0 Å². The van der Waals surface area contributed by atoms with Crippen molar-refractivity contribution in [1.29, 1.82) is 0 Å². The van der Waals surface area contributed by atoms with E-state index in [0.29, 0.717) is 22.6 Å². The average molecular weight is 490 g/mol. The molecule has 4 rings (SSSR count). The third-order valence-corrected chi connectivity index (χ3v) is 6.73. The molecule has 2 amide bonds.